The molecular formula is C8H22O6P2. The molecule has 100 valence electrons. The standard InChI is InChI=1S/C6H15O3P.C2H7O3P/c1-6(2,3)5-10(7,8)9-4;1-2-6(3,4)5/h5H2,1-4H3,(H,7,8);2H2,1H3,(H2,3,4,5). The molecule has 3 N–H and O–H groups in total. The molecule has 0 aliphatic heterocycles. The van der Waals surface area contributed by atoms with Crippen LogP contribution in [-0.2, 0) is 13.7 Å². The molecule has 0 aliphatic carbocycles. The summed E-state index contributed by atoms with van der Waals surface area (Å²) < 4.78 is 25.1. The van der Waals surface area contributed by atoms with Crippen LogP contribution in [0, 0.1) is 5.41 Å². The van der Waals surface area contributed by atoms with Crippen molar-refractivity contribution in [3.63, 3.8) is 0 Å². The molecule has 0 saturated carbocycles. The Balaban J connectivity index is 0. The second-order valence-electron chi connectivity index (χ2n) is 4.52. The molecule has 0 radical (unpaired) electrons. The lowest BCUT2D eigenvalue weighted by molar-refractivity contribution is 0.297. The van der Waals surface area contributed by atoms with Gasteiger partial charge in [0.2, 0.25) is 0 Å². The monoisotopic (exact) mass is 276 g/mol. The number of hydrogen-bond donors (Lipinski definition) is 3. The molecule has 0 fully saturated rings. The van der Waals surface area contributed by atoms with Crippen LogP contribution in [0.1, 0.15) is 27.7 Å². The van der Waals surface area contributed by atoms with E-state index >= 15 is 0 Å². The maximum atomic E-state index is 10.9. The highest BCUT2D eigenvalue weighted by molar-refractivity contribution is 7.52. The molecule has 0 aliphatic rings. The normalized spacial score (nSPS) is 16.0. The van der Waals surface area contributed by atoms with Gasteiger partial charge in [-0.15, -0.1) is 0 Å². The van der Waals surface area contributed by atoms with Crippen molar-refractivity contribution in [2.24, 2.45) is 5.41 Å². The largest absolute Gasteiger partial charge is 0.328 e. The van der Waals surface area contributed by atoms with Crippen molar-refractivity contribution in [1.29, 1.82) is 0 Å². The van der Waals surface area contributed by atoms with Gasteiger partial charge < -0.3 is 19.2 Å². The quantitative estimate of drug-likeness (QED) is 0.681. The Morgan fingerprint density at radius 3 is 1.50 bits per heavy atom. The van der Waals surface area contributed by atoms with Crippen molar-refractivity contribution in [1.82, 2.24) is 0 Å². The zero-order chi connectivity index (χ0) is 13.6. The second-order valence-corrected chi connectivity index (χ2v) is 8.44. The van der Waals surface area contributed by atoms with Crippen LogP contribution in [-0.4, -0.2) is 34.1 Å². The average molecular weight is 276 g/mol. The second kappa shape index (κ2) is 6.90. The molecule has 0 spiro atoms. The van der Waals surface area contributed by atoms with Gasteiger partial charge in [0.15, 0.2) is 0 Å². The lowest BCUT2D eigenvalue weighted by Gasteiger charge is -2.20. The minimum Gasteiger partial charge on any atom is -0.324 e. The fraction of sp³-hybridized carbons (Fsp3) is 1.00. The van der Waals surface area contributed by atoms with E-state index in [2.05, 4.69) is 4.52 Å². The van der Waals surface area contributed by atoms with E-state index in [9.17, 15) is 9.13 Å². The molecule has 0 saturated heterocycles. The minimum absolute atomic E-state index is 0.0625. The highest BCUT2D eigenvalue weighted by Crippen LogP contribution is 2.45. The number of rotatable bonds is 3. The zero-order valence-electron chi connectivity index (χ0n) is 10.4. The van der Waals surface area contributed by atoms with Gasteiger partial charge in [-0.2, -0.15) is 0 Å². The average Bonchev–Trinajstić information content (AvgIpc) is 2.00. The summed E-state index contributed by atoms with van der Waals surface area (Å²) in [6.07, 6.45) is 0.142. The third-order valence-corrected chi connectivity index (χ3v) is 4.11. The smallest absolute Gasteiger partial charge is 0.324 e. The molecule has 16 heavy (non-hydrogen) atoms. The molecule has 1 atom stereocenters. The molecule has 0 heterocycles. The summed E-state index contributed by atoms with van der Waals surface area (Å²) in [6, 6.07) is 0. The molecule has 1 unspecified atom stereocenters. The van der Waals surface area contributed by atoms with E-state index < -0.39 is 15.2 Å². The third kappa shape index (κ3) is 16.7. The topological polar surface area (TPSA) is 104 Å². The molecule has 0 aromatic carbocycles. The van der Waals surface area contributed by atoms with Crippen molar-refractivity contribution in [2.45, 2.75) is 27.7 Å². The molecule has 8 heteroatoms. The van der Waals surface area contributed by atoms with Gasteiger partial charge >= 0.3 is 15.2 Å². The minimum atomic E-state index is -3.65. The Hall–Kier alpha value is 0.300. The van der Waals surface area contributed by atoms with Crippen LogP contribution >= 0.6 is 15.2 Å². The van der Waals surface area contributed by atoms with Gasteiger partial charge in [-0.3, -0.25) is 9.13 Å². The SMILES string of the molecule is CCP(=O)(O)O.COP(=O)(O)CC(C)(C)C. The molecular weight excluding hydrogens is 254 g/mol. The van der Waals surface area contributed by atoms with Gasteiger partial charge in [-0.25, -0.2) is 0 Å². The van der Waals surface area contributed by atoms with Crippen molar-refractivity contribution in [2.75, 3.05) is 19.4 Å². The van der Waals surface area contributed by atoms with Gasteiger partial charge in [0.1, 0.15) is 0 Å². The third-order valence-electron chi connectivity index (χ3n) is 1.37. The fourth-order valence-electron chi connectivity index (χ4n) is 0.664. The maximum Gasteiger partial charge on any atom is 0.328 e. The zero-order valence-corrected chi connectivity index (χ0v) is 12.2. The molecule has 0 bridgehead atoms. The first-order valence-corrected chi connectivity index (χ1v) is 8.31. The molecule has 0 rings (SSSR count). The Bertz CT molecular complexity index is 277. The first-order valence-electron chi connectivity index (χ1n) is 4.75. The van der Waals surface area contributed by atoms with Gasteiger partial charge in [-0.1, -0.05) is 27.7 Å². The van der Waals surface area contributed by atoms with Crippen LogP contribution < -0.4 is 0 Å². The summed E-state index contributed by atoms with van der Waals surface area (Å²) in [4.78, 5) is 24.9. The van der Waals surface area contributed by atoms with Crippen molar-refractivity contribution in [3.05, 3.63) is 0 Å². The summed E-state index contributed by atoms with van der Waals surface area (Å²) in [5, 5.41) is 0. The van der Waals surface area contributed by atoms with E-state index in [0.717, 1.165) is 0 Å². The van der Waals surface area contributed by atoms with Gasteiger partial charge in [0, 0.05) is 13.3 Å². The molecule has 6 nitrogen and oxygen atoms in total. The lowest BCUT2D eigenvalue weighted by Crippen LogP contribution is -2.12. The summed E-state index contributed by atoms with van der Waals surface area (Å²) >= 11 is 0. The first kappa shape index (κ1) is 18.7. The first-order chi connectivity index (χ1) is 6.83. The number of hydrogen-bond acceptors (Lipinski definition) is 3. The maximum absolute atomic E-state index is 10.9. The highest BCUT2D eigenvalue weighted by atomic mass is 31.2. The van der Waals surface area contributed by atoms with Gasteiger partial charge in [0.25, 0.3) is 0 Å². The Morgan fingerprint density at radius 1 is 1.12 bits per heavy atom. The van der Waals surface area contributed by atoms with Gasteiger partial charge in [0.05, 0.1) is 6.16 Å². The summed E-state index contributed by atoms with van der Waals surface area (Å²) in [7, 11) is -5.69. The van der Waals surface area contributed by atoms with E-state index in [1.807, 2.05) is 20.8 Å². The van der Waals surface area contributed by atoms with Crippen LogP contribution in [0.2, 0.25) is 0 Å². The predicted molar refractivity (Wildman–Crippen MR) is 63.7 cm³/mol. The van der Waals surface area contributed by atoms with Crippen molar-refractivity contribution in [3.8, 4) is 0 Å². The van der Waals surface area contributed by atoms with Crippen LogP contribution in [0.5, 0.6) is 0 Å². The van der Waals surface area contributed by atoms with E-state index in [-0.39, 0.29) is 17.7 Å². The Morgan fingerprint density at radius 2 is 1.44 bits per heavy atom. The van der Waals surface area contributed by atoms with Crippen molar-refractivity contribution < 1.29 is 28.3 Å². The lowest BCUT2D eigenvalue weighted by atomic mass is 10.0. The molecule has 0 aromatic heterocycles. The molecule has 0 aromatic rings. The van der Waals surface area contributed by atoms with Crippen LogP contribution in [0.4, 0.5) is 0 Å². The fourth-order valence-corrected chi connectivity index (χ4v) is 1.99. The summed E-state index contributed by atoms with van der Waals surface area (Å²) in [6.45, 7) is 7.14. The Labute approximate surface area is 96.7 Å². The van der Waals surface area contributed by atoms with E-state index in [1.165, 1.54) is 14.0 Å². The molecule has 0 amide bonds. The summed E-state index contributed by atoms with van der Waals surface area (Å²) in [5.74, 6) is 0. The highest BCUT2D eigenvalue weighted by Gasteiger charge is 2.25. The Kier molecular flexibility index (Phi) is 8.04. The van der Waals surface area contributed by atoms with Crippen LogP contribution in [0.15, 0.2) is 0 Å². The van der Waals surface area contributed by atoms with Crippen molar-refractivity contribution >= 4 is 15.2 Å². The predicted octanol–water partition coefficient (Wildman–Crippen LogP) is 2.05. The summed E-state index contributed by atoms with van der Waals surface area (Å²) in [5.41, 5.74) is -0.152. The van der Waals surface area contributed by atoms with Crippen LogP contribution in [0.3, 0.4) is 0 Å². The van der Waals surface area contributed by atoms with E-state index in [4.69, 9.17) is 14.7 Å². The van der Waals surface area contributed by atoms with Gasteiger partial charge in [-0.05, 0) is 5.41 Å². The van der Waals surface area contributed by atoms with Crippen LogP contribution in [0.25, 0.3) is 0 Å². The van der Waals surface area contributed by atoms with E-state index in [0.29, 0.717) is 0 Å². The van der Waals surface area contributed by atoms with E-state index in [1.54, 1.807) is 0 Å².